The van der Waals surface area contributed by atoms with Gasteiger partial charge < -0.3 is 19.1 Å². The Labute approximate surface area is 165 Å². The molecule has 1 fully saturated rings. The predicted molar refractivity (Wildman–Crippen MR) is 104 cm³/mol. The van der Waals surface area contributed by atoms with Gasteiger partial charge in [-0.05, 0) is 44.9 Å². The van der Waals surface area contributed by atoms with Crippen molar-refractivity contribution < 1.29 is 28.6 Å². The summed E-state index contributed by atoms with van der Waals surface area (Å²) in [5.41, 5.74) is 0.483. The molecule has 1 aliphatic rings. The monoisotopic (exact) mass is 391 g/mol. The first-order valence-corrected chi connectivity index (χ1v) is 9.61. The molecule has 154 valence electrons. The highest BCUT2D eigenvalue weighted by atomic mass is 16.6. The molecule has 0 heterocycles. The molecule has 1 aromatic carbocycles. The van der Waals surface area contributed by atoms with E-state index in [0.717, 1.165) is 25.7 Å². The van der Waals surface area contributed by atoms with Gasteiger partial charge in [-0.3, -0.25) is 9.59 Å². The van der Waals surface area contributed by atoms with Crippen molar-refractivity contribution >= 4 is 17.7 Å². The Morgan fingerprint density at radius 2 is 1.82 bits per heavy atom. The van der Waals surface area contributed by atoms with Crippen LogP contribution >= 0.6 is 0 Å². The van der Waals surface area contributed by atoms with Crippen LogP contribution in [0, 0.1) is 0 Å². The Morgan fingerprint density at radius 3 is 2.43 bits per heavy atom. The van der Waals surface area contributed by atoms with Crippen molar-refractivity contribution in [3.63, 3.8) is 0 Å². The van der Waals surface area contributed by atoms with Crippen LogP contribution in [-0.4, -0.2) is 55.5 Å². The summed E-state index contributed by atoms with van der Waals surface area (Å²) in [4.78, 5) is 37.7. The minimum Gasteiger partial charge on any atom is -0.493 e. The molecule has 7 heteroatoms. The lowest BCUT2D eigenvalue weighted by Crippen LogP contribution is -2.44. The van der Waals surface area contributed by atoms with Crippen molar-refractivity contribution in [3.8, 4) is 11.5 Å². The van der Waals surface area contributed by atoms with E-state index in [9.17, 15) is 14.4 Å². The van der Waals surface area contributed by atoms with E-state index in [2.05, 4.69) is 0 Å². The fourth-order valence-electron chi connectivity index (χ4n) is 3.36. The van der Waals surface area contributed by atoms with Gasteiger partial charge >= 0.3 is 5.97 Å². The summed E-state index contributed by atoms with van der Waals surface area (Å²) in [6, 6.07) is 4.92. The normalized spacial score (nSPS) is 15.4. The fourth-order valence-corrected chi connectivity index (χ4v) is 3.36. The van der Waals surface area contributed by atoms with Crippen LogP contribution in [0.15, 0.2) is 18.2 Å². The first-order chi connectivity index (χ1) is 13.3. The maximum Gasteiger partial charge on any atom is 0.344 e. The van der Waals surface area contributed by atoms with Crippen molar-refractivity contribution in [2.75, 3.05) is 20.8 Å². The second-order valence-corrected chi connectivity index (χ2v) is 7.08. The van der Waals surface area contributed by atoms with E-state index in [1.807, 2.05) is 0 Å². The number of benzene rings is 1. The molecule has 0 bridgehead atoms. The molecule has 28 heavy (non-hydrogen) atoms. The van der Waals surface area contributed by atoms with Crippen LogP contribution in [0.25, 0.3) is 0 Å². The Kier molecular flexibility index (Phi) is 7.84. The SMILES string of the molecule is COc1cc(C(C)=O)ccc1OCC(=O)O[C@H](C)C(=O)N(C)C1CCCCC1. The Bertz CT molecular complexity index is 711. The molecule has 0 aromatic heterocycles. The van der Waals surface area contributed by atoms with Crippen LogP contribution in [0.4, 0.5) is 0 Å². The third kappa shape index (κ3) is 5.71. The summed E-state index contributed by atoms with van der Waals surface area (Å²) in [7, 11) is 3.22. The van der Waals surface area contributed by atoms with Crippen LogP contribution in [0.3, 0.4) is 0 Å². The molecule has 0 aliphatic heterocycles. The standard InChI is InChI=1S/C21H29NO6/c1-14(23)16-10-11-18(19(12-16)26-4)27-13-20(24)28-15(2)21(25)22(3)17-8-6-5-7-9-17/h10-12,15,17H,5-9,13H2,1-4H3/t15-/m1/s1. The second kappa shape index (κ2) is 10.1. The zero-order valence-corrected chi connectivity index (χ0v) is 17.0. The first kappa shape index (κ1) is 21.7. The van der Waals surface area contributed by atoms with Gasteiger partial charge in [0.15, 0.2) is 30.0 Å². The molecular weight excluding hydrogens is 362 g/mol. The minimum absolute atomic E-state index is 0.0984. The molecule has 1 atom stereocenters. The summed E-state index contributed by atoms with van der Waals surface area (Å²) in [6.07, 6.45) is 4.55. The molecule has 1 aliphatic carbocycles. The smallest absolute Gasteiger partial charge is 0.344 e. The highest BCUT2D eigenvalue weighted by Gasteiger charge is 2.27. The number of rotatable bonds is 8. The number of likely N-dealkylation sites (N-methyl/N-ethyl adjacent to an activating group) is 1. The topological polar surface area (TPSA) is 82.1 Å². The summed E-state index contributed by atoms with van der Waals surface area (Å²) in [5, 5.41) is 0. The molecule has 0 radical (unpaired) electrons. The largest absolute Gasteiger partial charge is 0.493 e. The lowest BCUT2D eigenvalue weighted by molar-refractivity contribution is -0.161. The summed E-state index contributed by atoms with van der Waals surface area (Å²) >= 11 is 0. The zero-order valence-electron chi connectivity index (χ0n) is 17.0. The third-order valence-corrected chi connectivity index (χ3v) is 5.04. The second-order valence-electron chi connectivity index (χ2n) is 7.08. The molecule has 0 spiro atoms. The molecule has 1 saturated carbocycles. The van der Waals surface area contributed by atoms with Crippen LogP contribution in [0.1, 0.15) is 56.3 Å². The van der Waals surface area contributed by atoms with Crippen molar-refractivity contribution in [2.45, 2.75) is 58.1 Å². The van der Waals surface area contributed by atoms with Crippen LogP contribution in [-0.2, 0) is 14.3 Å². The molecule has 0 unspecified atom stereocenters. The Morgan fingerprint density at radius 1 is 1.14 bits per heavy atom. The van der Waals surface area contributed by atoms with Gasteiger partial charge in [0.2, 0.25) is 0 Å². The van der Waals surface area contributed by atoms with Gasteiger partial charge in [0.05, 0.1) is 7.11 Å². The molecule has 2 rings (SSSR count). The zero-order chi connectivity index (χ0) is 20.7. The Balaban J connectivity index is 1.87. The number of methoxy groups -OCH3 is 1. The van der Waals surface area contributed by atoms with Gasteiger partial charge in [-0.1, -0.05) is 19.3 Å². The fraction of sp³-hybridized carbons (Fsp3) is 0.571. The van der Waals surface area contributed by atoms with Crippen LogP contribution in [0.2, 0.25) is 0 Å². The van der Waals surface area contributed by atoms with Crippen molar-refractivity contribution in [3.05, 3.63) is 23.8 Å². The maximum absolute atomic E-state index is 12.5. The van der Waals surface area contributed by atoms with Gasteiger partial charge in [-0.25, -0.2) is 4.79 Å². The Hall–Kier alpha value is -2.57. The van der Waals surface area contributed by atoms with Crippen molar-refractivity contribution in [1.29, 1.82) is 0 Å². The van der Waals surface area contributed by atoms with Crippen LogP contribution < -0.4 is 9.47 Å². The van der Waals surface area contributed by atoms with Gasteiger partial charge in [-0.2, -0.15) is 0 Å². The predicted octanol–water partition coefficient (Wildman–Crippen LogP) is 3.00. The number of Topliss-reactive ketones (excluding diaryl/α,β-unsaturated/α-hetero) is 1. The number of carbonyl (C=O) groups is 3. The minimum atomic E-state index is -0.870. The maximum atomic E-state index is 12.5. The number of hydrogen-bond donors (Lipinski definition) is 0. The number of esters is 1. The number of ether oxygens (including phenoxy) is 3. The van der Waals surface area contributed by atoms with Gasteiger partial charge in [0.25, 0.3) is 5.91 Å². The number of carbonyl (C=O) groups excluding carboxylic acids is 3. The van der Waals surface area contributed by atoms with E-state index in [1.165, 1.54) is 20.5 Å². The van der Waals surface area contributed by atoms with Gasteiger partial charge in [-0.15, -0.1) is 0 Å². The number of ketones is 1. The summed E-state index contributed by atoms with van der Waals surface area (Å²) in [6.45, 7) is 2.66. The van der Waals surface area contributed by atoms with Crippen molar-refractivity contribution in [2.24, 2.45) is 0 Å². The average molecular weight is 391 g/mol. The molecule has 1 aromatic rings. The van der Waals surface area contributed by atoms with E-state index in [4.69, 9.17) is 14.2 Å². The number of hydrogen-bond acceptors (Lipinski definition) is 6. The molecule has 0 N–H and O–H groups in total. The van der Waals surface area contributed by atoms with Gasteiger partial charge in [0.1, 0.15) is 0 Å². The van der Waals surface area contributed by atoms with E-state index in [1.54, 1.807) is 37.1 Å². The van der Waals surface area contributed by atoms with Gasteiger partial charge in [0, 0.05) is 18.7 Å². The van der Waals surface area contributed by atoms with E-state index in [-0.39, 0.29) is 24.3 Å². The number of nitrogens with zero attached hydrogens (tertiary/aromatic N) is 1. The quantitative estimate of drug-likeness (QED) is 0.500. The molecule has 1 amide bonds. The lowest BCUT2D eigenvalue weighted by Gasteiger charge is -2.32. The van der Waals surface area contributed by atoms with E-state index < -0.39 is 12.1 Å². The third-order valence-electron chi connectivity index (χ3n) is 5.04. The number of amides is 1. The molecule has 0 saturated heterocycles. The molecule has 7 nitrogen and oxygen atoms in total. The van der Waals surface area contributed by atoms with E-state index >= 15 is 0 Å². The average Bonchev–Trinajstić information content (AvgIpc) is 2.71. The summed E-state index contributed by atoms with van der Waals surface area (Å²) in [5.74, 6) is -0.276. The first-order valence-electron chi connectivity index (χ1n) is 9.61. The summed E-state index contributed by atoms with van der Waals surface area (Å²) < 4.78 is 15.9. The highest BCUT2D eigenvalue weighted by Crippen LogP contribution is 2.28. The lowest BCUT2D eigenvalue weighted by atomic mass is 9.94. The molecular formula is C21H29NO6. The van der Waals surface area contributed by atoms with Crippen LogP contribution in [0.5, 0.6) is 11.5 Å². The van der Waals surface area contributed by atoms with Crippen molar-refractivity contribution in [1.82, 2.24) is 4.90 Å². The highest BCUT2D eigenvalue weighted by molar-refractivity contribution is 5.94. The van der Waals surface area contributed by atoms with E-state index in [0.29, 0.717) is 17.1 Å².